The van der Waals surface area contributed by atoms with E-state index in [0.717, 1.165) is 10.0 Å². The molecule has 0 fully saturated rings. The lowest BCUT2D eigenvalue weighted by Crippen LogP contribution is -2.18. The highest BCUT2D eigenvalue weighted by molar-refractivity contribution is 9.10. The van der Waals surface area contributed by atoms with Crippen molar-refractivity contribution in [1.29, 1.82) is 0 Å². The SMILES string of the molecule is CC(N)Cc1noc(Cc2cccc(Br)c2)n1. The maximum atomic E-state index is 5.68. The van der Waals surface area contributed by atoms with Gasteiger partial charge in [0.25, 0.3) is 0 Å². The maximum absolute atomic E-state index is 5.68. The van der Waals surface area contributed by atoms with E-state index in [1.807, 2.05) is 31.2 Å². The summed E-state index contributed by atoms with van der Waals surface area (Å²) in [6, 6.07) is 8.08. The molecule has 2 rings (SSSR count). The Labute approximate surface area is 108 Å². The summed E-state index contributed by atoms with van der Waals surface area (Å²) in [7, 11) is 0. The molecule has 2 N–H and O–H groups in total. The second-order valence-corrected chi connectivity index (χ2v) is 5.01. The van der Waals surface area contributed by atoms with Crippen molar-refractivity contribution < 1.29 is 4.52 Å². The Morgan fingerprint density at radius 1 is 1.47 bits per heavy atom. The Balaban J connectivity index is 2.06. The number of rotatable bonds is 4. The average molecular weight is 296 g/mol. The maximum Gasteiger partial charge on any atom is 0.231 e. The van der Waals surface area contributed by atoms with E-state index in [2.05, 4.69) is 26.1 Å². The van der Waals surface area contributed by atoms with Gasteiger partial charge in [-0.2, -0.15) is 4.98 Å². The topological polar surface area (TPSA) is 64.9 Å². The standard InChI is InChI=1S/C12H14BrN3O/c1-8(14)5-11-15-12(17-16-11)7-9-3-2-4-10(13)6-9/h2-4,6,8H,5,7,14H2,1H3. The lowest BCUT2D eigenvalue weighted by Gasteiger charge is -1.98. The number of aromatic nitrogens is 2. The third-order valence-electron chi connectivity index (χ3n) is 2.26. The van der Waals surface area contributed by atoms with E-state index in [0.29, 0.717) is 24.6 Å². The van der Waals surface area contributed by atoms with Crippen LogP contribution in [0.5, 0.6) is 0 Å². The molecule has 5 heteroatoms. The number of nitrogens with two attached hydrogens (primary N) is 1. The van der Waals surface area contributed by atoms with Crippen molar-refractivity contribution in [1.82, 2.24) is 10.1 Å². The molecule has 0 radical (unpaired) electrons. The fourth-order valence-electron chi connectivity index (χ4n) is 1.55. The molecule has 1 aromatic carbocycles. The first-order valence-electron chi connectivity index (χ1n) is 5.45. The molecular formula is C12H14BrN3O. The molecular weight excluding hydrogens is 282 g/mol. The van der Waals surface area contributed by atoms with Gasteiger partial charge in [-0.15, -0.1) is 0 Å². The number of hydrogen-bond acceptors (Lipinski definition) is 4. The summed E-state index contributed by atoms with van der Waals surface area (Å²) < 4.78 is 6.22. The van der Waals surface area contributed by atoms with Crippen LogP contribution in [0, 0.1) is 0 Å². The summed E-state index contributed by atoms with van der Waals surface area (Å²) >= 11 is 3.43. The number of nitrogens with zero attached hydrogens (tertiary/aromatic N) is 2. The predicted octanol–water partition coefficient (Wildman–Crippen LogP) is 2.31. The molecule has 1 unspecified atom stereocenters. The van der Waals surface area contributed by atoms with Gasteiger partial charge < -0.3 is 10.3 Å². The van der Waals surface area contributed by atoms with Crippen LogP contribution >= 0.6 is 15.9 Å². The van der Waals surface area contributed by atoms with Crippen LogP contribution in [0.15, 0.2) is 33.3 Å². The first-order valence-corrected chi connectivity index (χ1v) is 6.24. The molecule has 0 saturated carbocycles. The second-order valence-electron chi connectivity index (χ2n) is 4.09. The minimum atomic E-state index is 0.0475. The van der Waals surface area contributed by atoms with Gasteiger partial charge in [0.2, 0.25) is 5.89 Å². The van der Waals surface area contributed by atoms with Gasteiger partial charge in [0.05, 0.1) is 6.42 Å². The van der Waals surface area contributed by atoms with Crippen LogP contribution in [0.3, 0.4) is 0 Å². The van der Waals surface area contributed by atoms with Crippen molar-refractivity contribution in [3.05, 3.63) is 46.0 Å². The Hall–Kier alpha value is -1.20. The Kier molecular flexibility index (Phi) is 3.91. The van der Waals surface area contributed by atoms with E-state index in [4.69, 9.17) is 10.3 Å². The van der Waals surface area contributed by atoms with Gasteiger partial charge in [-0.3, -0.25) is 0 Å². The largest absolute Gasteiger partial charge is 0.339 e. The van der Waals surface area contributed by atoms with E-state index in [-0.39, 0.29) is 6.04 Å². The Morgan fingerprint density at radius 2 is 2.29 bits per heavy atom. The Bertz CT molecular complexity index is 496. The van der Waals surface area contributed by atoms with Gasteiger partial charge >= 0.3 is 0 Å². The highest BCUT2D eigenvalue weighted by Crippen LogP contribution is 2.14. The molecule has 0 bridgehead atoms. The molecule has 0 aliphatic rings. The van der Waals surface area contributed by atoms with Crippen LogP contribution in [0.1, 0.15) is 24.2 Å². The fourth-order valence-corrected chi connectivity index (χ4v) is 2.00. The van der Waals surface area contributed by atoms with Crippen molar-refractivity contribution >= 4 is 15.9 Å². The quantitative estimate of drug-likeness (QED) is 0.940. The summed E-state index contributed by atoms with van der Waals surface area (Å²) in [6.45, 7) is 1.92. The van der Waals surface area contributed by atoms with Gasteiger partial charge in [0, 0.05) is 16.9 Å². The Morgan fingerprint density at radius 3 is 3.00 bits per heavy atom. The minimum Gasteiger partial charge on any atom is -0.339 e. The van der Waals surface area contributed by atoms with E-state index in [9.17, 15) is 0 Å². The minimum absolute atomic E-state index is 0.0475. The van der Waals surface area contributed by atoms with Crippen LogP contribution in [-0.2, 0) is 12.8 Å². The van der Waals surface area contributed by atoms with Gasteiger partial charge in [-0.1, -0.05) is 33.2 Å². The summed E-state index contributed by atoms with van der Waals surface area (Å²) in [6.07, 6.45) is 1.29. The fraction of sp³-hybridized carbons (Fsp3) is 0.333. The smallest absolute Gasteiger partial charge is 0.231 e. The molecule has 4 nitrogen and oxygen atoms in total. The highest BCUT2D eigenvalue weighted by Gasteiger charge is 2.08. The van der Waals surface area contributed by atoms with Crippen molar-refractivity contribution in [2.45, 2.75) is 25.8 Å². The zero-order valence-corrected chi connectivity index (χ0v) is 11.1. The molecule has 2 aromatic rings. The zero-order chi connectivity index (χ0) is 12.3. The first-order chi connectivity index (χ1) is 8.13. The molecule has 1 atom stereocenters. The molecule has 0 aliphatic carbocycles. The van der Waals surface area contributed by atoms with E-state index < -0.39 is 0 Å². The molecule has 17 heavy (non-hydrogen) atoms. The summed E-state index contributed by atoms with van der Waals surface area (Å²) in [5, 5.41) is 3.90. The predicted molar refractivity (Wildman–Crippen MR) is 68.6 cm³/mol. The lowest BCUT2D eigenvalue weighted by atomic mass is 10.1. The molecule has 0 aliphatic heterocycles. The molecule has 0 spiro atoms. The van der Waals surface area contributed by atoms with E-state index >= 15 is 0 Å². The van der Waals surface area contributed by atoms with Crippen LogP contribution in [-0.4, -0.2) is 16.2 Å². The van der Waals surface area contributed by atoms with Gasteiger partial charge in [0.15, 0.2) is 5.82 Å². The van der Waals surface area contributed by atoms with Crippen LogP contribution in [0.4, 0.5) is 0 Å². The van der Waals surface area contributed by atoms with Crippen LogP contribution in [0.25, 0.3) is 0 Å². The third-order valence-corrected chi connectivity index (χ3v) is 2.75. The van der Waals surface area contributed by atoms with Crippen molar-refractivity contribution in [3.8, 4) is 0 Å². The number of hydrogen-bond donors (Lipinski definition) is 1. The van der Waals surface area contributed by atoms with Crippen molar-refractivity contribution in [2.75, 3.05) is 0 Å². The van der Waals surface area contributed by atoms with Gasteiger partial charge in [-0.25, -0.2) is 0 Å². The van der Waals surface area contributed by atoms with Crippen molar-refractivity contribution in [3.63, 3.8) is 0 Å². The molecule has 1 heterocycles. The summed E-state index contributed by atoms with van der Waals surface area (Å²) in [5.74, 6) is 1.30. The van der Waals surface area contributed by atoms with Crippen molar-refractivity contribution in [2.24, 2.45) is 5.73 Å². The second kappa shape index (κ2) is 5.42. The van der Waals surface area contributed by atoms with E-state index in [1.54, 1.807) is 0 Å². The number of benzene rings is 1. The van der Waals surface area contributed by atoms with E-state index in [1.165, 1.54) is 0 Å². The lowest BCUT2D eigenvalue weighted by molar-refractivity contribution is 0.378. The normalized spacial score (nSPS) is 12.6. The summed E-state index contributed by atoms with van der Waals surface area (Å²) in [4.78, 5) is 4.30. The average Bonchev–Trinajstić information content (AvgIpc) is 2.64. The number of halogens is 1. The van der Waals surface area contributed by atoms with Gasteiger partial charge in [0.1, 0.15) is 0 Å². The highest BCUT2D eigenvalue weighted by atomic mass is 79.9. The van der Waals surface area contributed by atoms with Gasteiger partial charge in [-0.05, 0) is 24.6 Å². The first kappa shape index (κ1) is 12.3. The molecule has 90 valence electrons. The third kappa shape index (κ3) is 3.64. The zero-order valence-electron chi connectivity index (χ0n) is 9.56. The molecule has 1 aromatic heterocycles. The molecule has 0 amide bonds. The summed E-state index contributed by atoms with van der Waals surface area (Å²) in [5.41, 5.74) is 6.81. The van der Waals surface area contributed by atoms with Crippen LogP contribution in [0.2, 0.25) is 0 Å². The molecule has 0 saturated heterocycles. The monoisotopic (exact) mass is 295 g/mol. The van der Waals surface area contributed by atoms with Crippen LogP contribution < -0.4 is 5.73 Å².